The Morgan fingerprint density at radius 3 is 1.14 bits per heavy atom. The molecule has 0 radical (unpaired) electrons. The number of hydrogen-bond acceptors (Lipinski definition) is 18. The molecule has 18 nitrogen and oxygen atoms in total. The van der Waals surface area contributed by atoms with Crippen molar-refractivity contribution in [2.24, 2.45) is 26.8 Å². The van der Waals surface area contributed by atoms with Crippen molar-refractivity contribution < 1.29 is 28.6 Å². The standard InChI is InChI=1S/C26H29ClN4O2S.C23H25ClN4O2S.C22H23ClN4O2S.CH4/c1-14-5-11-20(12-6-14)33-22(32)13-21-25-30-29-17(4)31(25)26-23(15(2)16(3)34-26)24(28-21)18-7-9-19(27)10-8-18;1-12(2)11-30-19(29)10-18-22-27-26-15(5)28(22)23-20(13(3)14(4)31-23)21(25-18)16-6-8-17(24)9-7-16;1-5-10-29-18(28)11-17-21-26-25-14(4)27(21)22-19(12(2)13(3)30-22)20(24-17)15-6-8-16(23)9-7-15;/h7-10,14,20-21H,5-6,11-13H2,1-4H3;6-9,12,18H,10-11H2,1-5H3;6-9,17H,5,10-11H2,1-4H3;1H4/t14?,20?,21-;18-;17-;/m111./s1. The first-order valence-corrected chi connectivity index (χ1v) is 35.7. The first-order chi connectivity index (χ1) is 45.5. The highest BCUT2D eigenvalue weighted by Crippen LogP contribution is 2.44. The smallest absolute Gasteiger partial charge is 0.308 e. The zero-order valence-electron chi connectivity index (χ0n) is 55.6. The highest BCUT2D eigenvalue weighted by molar-refractivity contribution is 7.15. The number of nitrogens with zero attached hydrogens (tertiary/aromatic N) is 12. The normalized spacial score (nSPS) is 17.5. The van der Waals surface area contributed by atoms with E-state index < -0.39 is 18.1 Å². The summed E-state index contributed by atoms with van der Waals surface area (Å²) in [4.78, 5) is 57.0. The van der Waals surface area contributed by atoms with Gasteiger partial charge in [-0.15, -0.1) is 64.6 Å². The van der Waals surface area contributed by atoms with Gasteiger partial charge in [0, 0.05) is 63.1 Å². The van der Waals surface area contributed by atoms with Crippen LogP contribution in [0, 0.1) is 74.1 Å². The molecular weight excluding hydrogens is 1330 g/mol. The summed E-state index contributed by atoms with van der Waals surface area (Å²) in [7, 11) is 0. The topological polar surface area (TPSA) is 208 Å². The molecule has 13 rings (SSSR count). The highest BCUT2D eigenvalue weighted by Gasteiger charge is 2.37. The molecule has 24 heteroatoms. The lowest BCUT2D eigenvalue weighted by molar-refractivity contribution is -0.151. The van der Waals surface area contributed by atoms with Gasteiger partial charge in [0.2, 0.25) is 0 Å². The number of aromatic nitrogens is 9. The molecule has 0 N–H and O–H groups in total. The first kappa shape index (κ1) is 71.2. The Bertz CT molecular complexity index is 4430. The number of carbonyl (C=O) groups excluding carboxylic acids is 3. The largest absolute Gasteiger partial charge is 0.466 e. The molecule has 0 unspecified atom stereocenters. The maximum atomic E-state index is 13.0. The van der Waals surface area contributed by atoms with Gasteiger partial charge in [0.25, 0.3) is 0 Å². The molecule has 3 aliphatic heterocycles. The van der Waals surface area contributed by atoms with E-state index in [4.69, 9.17) is 64.0 Å². The van der Waals surface area contributed by atoms with Crippen molar-refractivity contribution in [3.05, 3.63) is 188 Å². The highest BCUT2D eigenvalue weighted by atomic mass is 35.5. The molecule has 1 fully saturated rings. The van der Waals surface area contributed by atoms with E-state index >= 15 is 0 Å². The molecule has 0 bridgehead atoms. The minimum atomic E-state index is -0.495. The predicted octanol–water partition coefficient (Wildman–Crippen LogP) is 17.5. The fraction of sp³-hybridized carbons (Fsp3) is 0.417. The minimum Gasteiger partial charge on any atom is -0.466 e. The zero-order valence-corrected chi connectivity index (χ0v) is 60.4. The van der Waals surface area contributed by atoms with Crippen molar-refractivity contribution in [2.75, 3.05) is 13.2 Å². The van der Waals surface area contributed by atoms with Gasteiger partial charge in [-0.2, -0.15) is 0 Å². The third-order valence-electron chi connectivity index (χ3n) is 17.5. The second-order valence-corrected chi connectivity index (χ2v) is 29.9. The monoisotopic (exact) mass is 1410 g/mol. The molecule has 96 heavy (non-hydrogen) atoms. The lowest BCUT2D eigenvalue weighted by Crippen LogP contribution is -2.24. The van der Waals surface area contributed by atoms with Crippen LogP contribution in [-0.2, 0) is 28.6 Å². The quantitative estimate of drug-likeness (QED) is 0.0736. The van der Waals surface area contributed by atoms with E-state index in [0.29, 0.717) is 51.7 Å². The summed E-state index contributed by atoms with van der Waals surface area (Å²) >= 11 is 23.5. The van der Waals surface area contributed by atoms with Gasteiger partial charge in [0.15, 0.2) is 17.5 Å². The van der Waals surface area contributed by atoms with Gasteiger partial charge in [0.1, 0.15) is 56.7 Å². The molecule has 6 aromatic heterocycles. The van der Waals surface area contributed by atoms with Crippen LogP contribution in [-0.4, -0.2) is 98.7 Å². The van der Waals surface area contributed by atoms with E-state index in [-0.39, 0.29) is 56.6 Å². The van der Waals surface area contributed by atoms with Gasteiger partial charge in [-0.3, -0.25) is 43.1 Å². The summed E-state index contributed by atoms with van der Waals surface area (Å²) in [6.45, 7) is 27.5. The van der Waals surface area contributed by atoms with Crippen LogP contribution in [0.2, 0.25) is 15.1 Å². The van der Waals surface area contributed by atoms with Crippen molar-refractivity contribution >= 4 is 104 Å². The van der Waals surface area contributed by atoms with E-state index in [9.17, 15) is 14.4 Å². The van der Waals surface area contributed by atoms with Crippen molar-refractivity contribution in [1.82, 2.24) is 44.3 Å². The summed E-state index contributed by atoms with van der Waals surface area (Å²) in [5.41, 5.74) is 12.0. The number of aryl methyl sites for hydroxylation is 6. The number of fused-ring (bicyclic) bond motifs is 9. The molecule has 3 atom stereocenters. The number of aliphatic imine (C=N–C) groups is 3. The maximum Gasteiger partial charge on any atom is 0.308 e. The second kappa shape index (κ2) is 30.5. The molecule has 504 valence electrons. The summed E-state index contributed by atoms with van der Waals surface area (Å²) in [6, 6.07) is 21.5. The Labute approximate surface area is 588 Å². The van der Waals surface area contributed by atoms with Crippen LogP contribution in [0.15, 0.2) is 87.8 Å². The number of thiophene rings is 3. The van der Waals surface area contributed by atoms with Crippen LogP contribution in [0.5, 0.6) is 0 Å². The molecule has 0 saturated heterocycles. The maximum absolute atomic E-state index is 13.0. The van der Waals surface area contributed by atoms with Crippen LogP contribution in [0.1, 0.15) is 204 Å². The molecule has 9 heterocycles. The Morgan fingerprint density at radius 2 is 0.812 bits per heavy atom. The predicted molar refractivity (Wildman–Crippen MR) is 385 cm³/mol. The fourth-order valence-corrected chi connectivity index (χ4v) is 16.1. The van der Waals surface area contributed by atoms with Crippen LogP contribution in [0.3, 0.4) is 0 Å². The summed E-state index contributed by atoms with van der Waals surface area (Å²) in [5, 5.41) is 31.3. The Kier molecular flexibility index (Phi) is 22.6. The molecule has 1 saturated carbocycles. The van der Waals surface area contributed by atoms with E-state index in [1.165, 1.54) is 20.2 Å². The van der Waals surface area contributed by atoms with Gasteiger partial charge in [-0.25, -0.2) is 0 Å². The van der Waals surface area contributed by atoms with Gasteiger partial charge in [0.05, 0.1) is 49.6 Å². The molecule has 9 aromatic rings. The number of rotatable bonds is 14. The SMILES string of the molecule is C.CCCOC(=O)C[C@H]1N=C(c2ccc(Cl)cc2)c2c(sc(C)c2C)-n2c(C)nnc21.Cc1sc2c(c1C)C(c1ccc(Cl)cc1)=N[C@H](CC(=O)OC1CCC(C)CC1)c1nnc(C)n1-2.Cc1sc2c(c1C)C(c1ccc(Cl)cc1)=N[C@H](CC(=O)OCC(C)C)c1nnc(C)n1-2. The van der Waals surface area contributed by atoms with Gasteiger partial charge in [-0.1, -0.05) is 106 Å². The first-order valence-electron chi connectivity index (χ1n) is 32.1. The number of ether oxygens (including phenoxy) is 3. The van der Waals surface area contributed by atoms with E-state index in [1.54, 1.807) is 34.0 Å². The average molecular weight is 1410 g/mol. The van der Waals surface area contributed by atoms with E-state index in [0.717, 1.165) is 126 Å². The lowest BCUT2D eigenvalue weighted by Gasteiger charge is -2.26. The number of hydrogen-bond donors (Lipinski definition) is 0. The van der Waals surface area contributed by atoms with Crippen molar-refractivity contribution in [3.63, 3.8) is 0 Å². The number of halogens is 3. The molecule has 0 amide bonds. The van der Waals surface area contributed by atoms with Gasteiger partial charge < -0.3 is 14.2 Å². The van der Waals surface area contributed by atoms with Crippen molar-refractivity contribution in [2.45, 2.75) is 173 Å². The van der Waals surface area contributed by atoms with Crippen LogP contribution in [0.4, 0.5) is 0 Å². The van der Waals surface area contributed by atoms with E-state index in [2.05, 4.69) is 83.6 Å². The Balaban J connectivity index is 0.000000156. The van der Waals surface area contributed by atoms with Crippen molar-refractivity contribution in [3.8, 4) is 15.0 Å². The molecule has 4 aliphatic rings. The van der Waals surface area contributed by atoms with Crippen molar-refractivity contribution in [1.29, 1.82) is 0 Å². The minimum absolute atomic E-state index is 0. The number of esters is 3. The number of carbonyl (C=O) groups is 3. The fourth-order valence-electron chi connectivity index (χ4n) is 12.0. The average Bonchev–Trinajstić information content (AvgIpc) is 1.61. The lowest BCUT2D eigenvalue weighted by atomic mass is 9.89. The van der Waals surface area contributed by atoms with Crippen LogP contribution in [0.25, 0.3) is 15.0 Å². The van der Waals surface area contributed by atoms with E-state index in [1.807, 2.05) is 123 Å². The molecule has 3 aromatic carbocycles. The second-order valence-electron chi connectivity index (χ2n) is 25.0. The third-order valence-corrected chi connectivity index (χ3v) is 21.8. The molecule has 1 aliphatic carbocycles. The van der Waals surface area contributed by atoms with Gasteiger partial charge >= 0.3 is 17.9 Å². The van der Waals surface area contributed by atoms with Crippen LogP contribution < -0.4 is 0 Å². The summed E-state index contributed by atoms with van der Waals surface area (Å²) in [6.07, 6.45) is 5.20. The van der Waals surface area contributed by atoms with Gasteiger partial charge in [-0.05, 0) is 159 Å². The Hall–Kier alpha value is -7.53. The zero-order chi connectivity index (χ0) is 67.7. The molecule has 0 spiro atoms. The number of benzene rings is 3. The summed E-state index contributed by atoms with van der Waals surface area (Å²) in [5.74, 6) is 4.49. The molecular formula is C72H81Cl3N12O6S3. The van der Waals surface area contributed by atoms with Crippen LogP contribution >= 0.6 is 68.8 Å². The Morgan fingerprint density at radius 1 is 0.490 bits per heavy atom. The summed E-state index contributed by atoms with van der Waals surface area (Å²) < 4.78 is 22.8. The third kappa shape index (κ3) is 15.1.